The molecule has 3 aromatic rings. The van der Waals surface area contributed by atoms with Crippen LogP contribution in [0.25, 0.3) is 10.9 Å². The third-order valence-electron chi connectivity index (χ3n) is 6.13. The summed E-state index contributed by atoms with van der Waals surface area (Å²) in [6.07, 6.45) is 6.90. The van der Waals surface area contributed by atoms with Crippen molar-refractivity contribution in [2.24, 2.45) is 0 Å². The monoisotopic (exact) mass is 448 g/mol. The molecule has 1 saturated carbocycles. The van der Waals surface area contributed by atoms with Gasteiger partial charge >= 0.3 is 0 Å². The van der Waals surface area contributed by atoms with Crippen LogP contribution in [-0.4, -0.2) is 50.1 Å². The van der Waals surface area contributed by atoms with Crippen molar-refractivity contribution in [3.63, 3.8) is 0 Å². The van der Waals surface area contributed by atoms with Crippen LogP contribution >= 0.6 is 0 Å². The highest BCUT2D eigenvalue weighted by molar-refractivity contribution is 6.03. The number of carbonyl (C=O) groups is 2. The molecule has 2 aliphatic rings. The van der Waals surface area contributed by atoms with E-state index in [1.54, 1.807) is 36.8 Å². The lowest BCUT2D eigenvalue weighted by atomic mass is 9.81. The van der Waals surface area contributed by atoms with Crippen molar-refractivity contribution in [1.82, 2.24) is 20.3 Å². The molecule has 4 N–H and O–H groups in total. The summed E-state index contributed by atoms with van der Waals surface area (Å²) in [5.41, 5.74) is 0.657. The molecule has 0 aromatic carbocycles. The Hall–Kier alpha value is -3.63. The van der Waals surface area contributed by atoms with E-state index in [0.717, 1.165) is 16.6 Å². The smallest absolute Gasteiger partial charge is 0.263 e. The van der Waals surface area contributed by atoms with Gasteiger partial charge in [-0.15, -0.1) is 0 Å². The van der Waals surface area contributed by atoms with Gasteiger partial charge in [-0.1, -0.05) is 0 Å². The molecular formula is C23H24N6O4. The third-order valence-corrected chi connectivity index (χ3v) is 6.13. The van der Waals surface area contributed by atoms with E-state index in [1.165, 1.54) is 0 Å². The molecule has 0 atom stereocenters. The Morgan fingerprint density at radius 3 is 2.91 bits per heavy atom. The zero-order valence-electron chi connectivity index (χ0n) is 17.9. The minimum atomic E-state index is -1.43. The lowest BCUT2D eigenvalue weighted by Gasteiger charge is -2.35. The maximum atomic E-state index is 12.9. The Labute approximate surface area is 189 Å². The number of hydrogen-bond acceptors (Lipinski definition) is 8. The number of aliphatic hydroxyl groups is 1. The topological polar surface area (TPSA) is 138 Å². The predicted molar refractivity (Wildman–Crippen MR) is 121 cm³/mol. The maximum absolute atomic E-state index is 12.9. The molecule has 170 valence electrons. The largest absolute Gasteiger partial charge is 0.480 e. The van der Waals surface area contributed by atoms with Gasteiger partial charge in [0, 0.05) is 36.6 Å². The number of amides is 2. The second kappa shape index (κ2) is 8.72. The summed E-state index contributed by atoms with van der Waals surface area (Å²) in [5, 5.41) is 20.7. The summed E-state index contributed by atoms with van der Waals surface area (Å²) in [6, 6.07) is 7.27. The Kier molecular flexibility index (Phi) is 5.61. The number of carbonyl (C=O) groups excluding carboxylic acids is 2. The lowest BCUT2D eigenvalue weighted by Crippen LogP contribution is -2.48. The number of aromatic nitrogens is 3. The second-order valence-corrected chi connectivity index (χ2v) is 8.38. The average molecular weight is 448 g/mol. The highest BCUT2D eigenvalue weighted by Crippen LogP contribution is 2.31. The fourth-order valence-corrected chi connectivity index (χ4v) is 4.21. The number of rotatable bonds is 5. The van der Waals surface area contributed by atoms with Gasteiger partial charge in [-0.25, -0.2) is 4.98 Å². The van der Waals surface area contributed by atoms with Crippen molar-refractivity contribution in [3.05, 3.63) is 48.5 Å². The molecule has 0 saturated heterocycles. The molecule has 4 heterocycles. The van der Waals surface area contributed by atoms with Crippen LogP contribution < -0.4 is 20.7 Å². The van der Waals surface area contributed by atoms with Gasteiger partial charge in [0.05, 0.1) is 16.9 Å². The summed E-state index contributed by atoms with van der Waals surface area (Å²) in [4.78, 5) is 37.2. The van der Waals surface area contributed by atoms with E-state index in [0.29, 0.717) is 49.5 Å². The summed E-state index contributed by atoms with van der Waals surface area (Å²) in [6.45, 7) is 0.507. The molecular weight excluding hydrogens is 424 g/mol. The van der Waals surface area contributed by atoms with Crippen molar-refractivity contribution in [2.45, 2.75) is 43.9 Å². The first-order valence-electron chi connectivity index (χ1n) is 10.9. The highest BCUT2D eigenvalue weighted by Gasteiger charge is 2.40. The summed E-state index contributed by atoms with van der Waals surface area (Å²) in [7, 11) is 0. The molecule has 10 nitrogen and oxygen atoms in total. The summed E-state index contributed by atoms with van der Waals surface area (Å²) >= 11 is 0. The number of fused-ring (bicyclic) bond motifs is 2. The minimum Gasteiger partial charge on any atom is -0.480 e. The molecule has 0 bridgehead atoms. The van der Waals surface area contributed by atoms with Crippen molar-refractivity contribution < 1.29 is 19.4 Å². The second-order valence-electron chi connectivity index (χ2n) is 8.38. The van der Waals surface area contributed by atoms with Crippen LogP contribution in [0.1, 0.15) is 31.4 Å². The quantitative estimate of drug-likeness (QED) is 0.463. The number of pyridine rings is 3. The van der Waals surface area contributed by atoms with Gasteiger partial charge in [0.2, 0.25) is 0 Å². The van der Waals surface area contributed by atoms with Crippen LogP contribution in [0.5, 0.6) is 5.75 Å². The van der Waals surface area contributed by atoms with E-state index >= 15 is 0 Å². The minimum absolute atomic E-state index is 0.000881. The van der Waals surface area contributed by atoms with E-state index in [-0.39, 0.29) is 18.6 Å². The van der Waals surface area contributed by atoms with Crippen LogP contribution in [0.15, 0.2) is 42.9 Å². The molecule has 0 unspecified atom stereocenters. The zero-order chi connectivity index (χ0) is 22.8. The van der Waals surface area contributed by atoms with Crippen molar-refractivity contribution >= 4 is 34.2 Å². The van der Waals surface area contributed by atoms with Gasteiger partial charge in [-0.3, -0.25) is 19.6 Å². The third kappa shape index (κ3) is 4.48. The molecule has 2 amide bonds. The molecule has 5 rings (SSSR count). The van der Waals surface area contributed by atoms with E-state index in [9.17, 15) is 14.7 Å². The van der Waals surface area contributed by atoms with E-state index in [2.05, 4.69) is 30.9 Å². The average Bonchev–Trinajstić information content (AvgIpc) is 2.83. The lowest BCUT2D eigenvalue weighted by molar-refractivity contribution is -0.137. The fourth-order valence-electron chi connectivity index (χ4n) is 4.21. The van der Waals surface area contributed by atoms with Crippen LogP contribution in [0.4, 0.5) is 11.5 Å². The molecule has 0 radical (unpaired) electrons. The van der Waals surface area contributed by atoms with Gasteiger partial charge in [-0.05, 0) is 49.9 Å². The van der Waals surface area contributed by atoms with Crippen molar-refractivity contribution in [2.75, 3.05) is 17.2 Å². The van der Waals surface area contributed by atoms with Gasteiger partial charge in [0.15, 0.2) is 18.2 Å². The van der Waals surface area contributed by atoms with Crippen LogP contribution in [0, 0.1) is 0 Å². The Morgan fingerprint density at radius 1 is 1.21 bits per heavy atom. The van der Waals surface area contributed by atoms with Gasteiger partial charge in [0.1, 0.15) is 5.60 Å². The van der Waals surface area contributed by atoms with Gasteiger partial charge in [0.25, 0.3) is 11.8 Å². The molecule has 1 aliphatic heterocycles. The molecule has 3 aromatic heterocycles. The molecule has 0 spiro atoms. The number of anilines is 2. The normalized spacial score (nSPS) is 22.2. The zero-order valence-corrected chi connectivity index (χ0v) is 17.9. The number of nitrogens with one attached hydrogen (secondary N) is 3. The van der Waals surface area contributed by atoms with E-state index in [1.807, 2.05) is 6.07 Å². The van der Waals surface area contributed by atoms with Crippen molar-refractivity contribution in [1.29, 1.82) is 0 Å². The Morgan fingerprint density at radius 2 is 2.06 bits per heavy atom. The first-order valence-corrected chi connectivity index (χ1v) is 10.9. The first kappa shape index (κ1) is 21.2. The Balaban J connectivity index is 1.17. The SMILES string of the molecule is O=C1COc2ccc(CN[C@H]3CC[C@](O)(C(=O)Nc4ccnc5ccncc45)CC3)nc2N1. The van der Waals surface area contributed by atoms with Crippen LogP contribution in [0.2, 0.25) is 0 Å². The predicted octanol–water partition coefficient (Wildman–Crippen LogP) is 1.76. The number of nitrogens with zero attached hydrogens (tertiary/aromatic N) is 3. The van der Waals surface area contributed by atoms with Crippen molar-refractivity contribution in [3.8, 4) is 5.75 Å². The molecule has 1 fully saturated rings. The van der Waals surface area contributed by atoms with Crippen LogP contribution in [-0.2, 0) is 16.1 Å². The Bertz CT molecular complexity index is 1200. The summed E-state index contributed by atoms with van der Waals surface area (Å²) < 4.78 is 5.33. The number of ether oxygens (including phenoxy) is 1. The van der Waals surface area contributed by atoms with E-state index in [4.69, 9.17) is 4.74 Å². The van der Waals surface area contributed by atoms with Crippen LogP contribution in [0.3, 0.4) is 0 Å². The summed E-state index contributed by atoms with van der Waals surface area (Å²) in [5.74, 6) is 0.356. The maximum Gasteiger partial charge on any atom is 0.263 e. The standard InChI is InChI=1S/C23H24N6O4/c30-20-13-33-19-2-1-15(27-21(19)29-20)11-26-14-3-7-23(32,8-4-14)22(31)28-18-6-10-25-17-5-9-24-12-16(17)18/h1-2,5-6,9-10,12,14,26,32H,3-4,7-8,11,13H2,(H,25,28,31)(H,27,29,30)/t14-,23+. The first-order chi connectivity index (χ1) is 16.0. The van der Waals surface area contributed by atoms with E-state index < -0.39 is 11.5 Å². The van der Waals surface area contributed by atoms with Gasteiger partial charge < -0.3 is 25.8 Å². The molecule has 33 heavy (non-hydrogen) atoms. The van der Waals surface area contributed by atoms with Gasteiger partial charge in [-0.2, -0.15) is 0 Å². The number of hydrogen-bond donors (Lipinski definition) is 4. The molecule has 10 heteroatoms. The highest BCUT2D eigenvalue weighted by atomic mass is 16.5. The molecule has 1 aliphatic carbocycles. The fraction of sp³-hybridized carbons (Fsp3) is 0.348.